The summed E-state index contributed by atoms with van der Waals surface area (Å²) >= 11 is 1.89. The van der Waals surface area contributed by atoms with Gasteiger partial charge >= 0.3 is 0 Å². The van der Waals surface area contributed by atoms with Crippen LogP contribution in [0.5, 0.6) is 0 Å². The molecule has 1 aliphatic carbocycles. The van der Waals surface area contributed by atoms with Crippen molar-refractivity contribution in [3.05, 3.63) is 22.4 Å². The quantitative estimate of drug-likeness (QED) is 0.791. The summed E-state index contributed by atoms with van der Waals surface area (Å²) in [5.74, 6) is 1.68. The van der Waals surface area contributed by atoms with Gasteiger partial charge in [0.1, 0.15) is 0 Å². The van der Waals surface area contributed by atoms with Crippen LogP contribution in [-0.2, 0) is 6.42 Å². The van der Waals surface area contributed by atoms with Crippen LogP contribution in [0.2, 0.25) is 0 Å². The maximum absolute atomic E-state index is 5.91. The van der Waals surface area contributed by atoms with Gasteiger partial charge in [0.05, 0.1) is 0 Å². The molecule has 1 heterocycles. The van der Waals surface area contributed by atoms with Crippen LogP contribution < -0.4 is 5.73 Å². The molecule has 0 spiro atoms. The molecular formula is C14H23NS. The highest BCUT2D eigenvalue weighted by Gasteiger charge is 2.22. The molecule has 1 aromatic heterocycles. The summed E-state index contributed by atoms with van der Waals surface area (Å²) in [5, 5.41) is 2.18. The van der Waals surface area contributed by atoms with Gasteiger partial charge in [0.2, 0.25) is 0 Å². The molecule has 1 saturated carbocycles. The van der Waals surface area contributed by atoms with E-state index in [2.05, 4.69) is 17.5 Å². The number of rotatable bonds is 4. The number of hydrogen-bond acceptors (Lipinski definition) is 2. The molecule has 1 aromatic rings. The molecule has 0 amide bonds. The first kappa shape index (κ1) is 12.1. The summed E-state index contributed by atoms with van der Waals surface area (Å²) in [4.78, 5) is 1.54. The predicted molar refractivity (Wildman–Crippen MR) is 71.8 cm³/mol. The fourth-order valence-corrected chi connectivity index (χ4v) is 3.66. The first-order chi connectivity index (χ1) is 7.90. The van der Waals surface area contributed by atoms with Gasteiger partial charge in [-0.15, -0.1) is 11.3 Å². The molecule has 2 heteroatoms. The van der Waals surface area contributed by atoms with Gasteiger partial charge in [-0.2, -0.15) is 0 Å². The lowest BCUT2D eigenvalue weighted by molar-refractivity contribution is 0.302. The predicted octanol–water partition coefficient (Wildman–Crippen LogP) is 3.84. The molecule has 90 valence electrons. The highest BCUT2D eigenvalue weighted by Crippen LogP contribution is 2.31. The standard InChI is InChI=1S/C14H23NS/c15-11-13-6-3-1-2-5-12(13)8-9-14-7-4-10-16-14/h4,7,10,12-13H,1-3,5-6,8-9,11,15H2. The van der Waals surface area contributed by atoms with Gasteiger partial charge in [0.25, 0.3) is 0 Å². The average Bonchev–Trinajstić information content (AvgIpc) is 2.71. The third-order valence-electron chi connectivity index (χ3n) is 3.96. The smallest absolute Gasteiger partial charge is 0.00453 e. The van der Waals surface area contributed by atoms with Crippen LogP contribution in [0.25, 0.3) is 0 Å². The maximum Gasteiger partial charge on any atom is 0.00453 e. The molecular weight excluding hydrogens is 214 g/mol. The van der Waals surface area contributed by atoms with E-state index in [-0.39, 0.29) is 0 Å². The van der Waals surface area contributed by atoms with Crippen LogP contribution in [0.15, 0.2) is 17.5 Å². The van der Waals surface area contributed by atoms with E-state index in [1.165, 1.54) is 44.9 Å². The van der Waals surface area contributed by atoms with Gasteiger partial charge < -0.3 is 5.73 Å². The summed E-state index contributed by atoms with van der Waals surface area (Å²) in [6.07, 6.45) is 9.63. The van der Waals surface area contributed by atoms with E-state index in [9.17, 15) is 0 Å². The van der Waals surface area contributed by atoms with E-state index >= 15 is 0 Å². The number of nitrogens with two attached hydrogens (primary N) is 1. The van der Waals surface area contributed by atoms with Gasteiger partial charge in [-0.3, -0.25) is 0 Å². The van der Waals surface area contributed by atoms with E-state index in [0.29, 0.717) is 0 Å². The van der Waals surface area contributed by atoms with Crippen molar-refractivity contribution >= 4 is 11.3 Å². The van der Waals surface area contributed by atoms with Crippen molar-refractivity contribution in [3.8, 4) is 0 Å². The third-order valence-corrected chi connectivity index (χ3v) is 4.90. The molecule has 16 heavy (non-hydrogen) atoms. The molecule has 2 unspecified atom stereocenters. The lowest BCUT2D eigenvalue weighted by Crippen LogP contribution is -2.23. The van der Waals surface area contributed by atoms with E-state index in [1.807, 2.05) is 11.3 Å². The topological polar surface area (TPSA) is 26.0 Å². The van der Waals surface area contributed by atoms with Crippen molar-refractivity contribution in [3.63, 3.8) is 0 Å². The molecule has 2 rings (SSSR count). The molecule has 1 fully saturated rings. The molecule has 1 aliphatic rings. The van der Waals surface area contributed by atoms with Crippen LogP contribution in [0.1, 0.15) is 43.4 Å². The Bertz CT molecular complexity index is 281. The molecule has 0 aliphatic heterocycles. The molecule has 1 nitrogen and oxygen atoms in total. The Morgan fingerprint density at radius 1 is 1.19 bits per heavy atom. The Balaban J connectivity index is 1.85. The molecule has 0 aromatic carbocycles. The zero-order valence-corrected chi connectivity index (χ0v) is 10.8. The Morgan fingerprint density at radius 3 is 2.69 bits per heavy atom. The van der Waals surface area contributed by atoms with Crippen molar-refractivity contribution < 1.29 is 0 Å². The number of hydrogen-bond donors (Lipinski definition) is 1. The summed E-state index contributed by atoms with van der Waals surface area (Å²) in [7, 11) is 0. The normalized spacial score (nSPS) is 26.6. The van der Waals surface area contributed by atoms with Crippen LogP contribution in [0, 0.1) is 11.8 Å². The zero-order valence-electron chi connectivity index (χ0n) is 10.0. The molecule has 0 saturated heterocycles. The van der Waals surface area contributed by atoms with Crippen molar-refractivity contribution in [1.82, 2.24) is 0 Å². The minimum Gasteiger partial charge on any atom is -0.330 e. The van der Waals surface area contributed by atoms with Gasteiger partial charge in [-0.25, -0.2) is 0 Å². The van der Waals surface area contributed by atoms with Crippen molar-refractivity contribution in [1.29, 1.82) is 0 Å². The highest BCUT2D eigenvalue weighted by atomic mass is 32.1. The van der Waals surface area contributed by atoms with Crippen LogP contribution in [-0.4, -0.2) is 6.54 Å². The Morgan fingerprint density at radius 2 is 2.00 bits per heavy atom. The average molecular weight is 237 g/mol. The van der Waals surface area contributed by atoms with Crippen molar-refractivity contribution in [2.24, 2.45) is 17.6 Å². The summed E-state index contributed by atoms with van der Waals surface area (Å²) in [6.45, 7) is 0.898. The summed E-state index contributed by atoms with van der Waals surface area (Å²) < 4.78 is 0. The molecule has 0 radical (unpaired) electrons. The molecule has 2 N–H and O–H groups in total. The highest BCUT2D eigenvalue weighted by molar-refractivity contribution is 7.09. The fourth-order valence-electron chi connectivity index (χ4n) is 2.93. The Hall–Kier alpha value is -0.340. The van der Waals surface area contributed by atoms with Gasteiger partial charge in [-0.05, 0) is 49.1 Å². The van der Waals surface area contributed by atoms with Gasteiger partial charge in [0.15, 0.2) is 0 Å². The minimum absolute atomic E-state index is 0.794. The first-order valence-corrected chi connectivity index (χ1v) is 7.50. The Kier molecular flexibility index (Phi) is 4.86. The second-order valence-electron chi connectivity index (χ2n) is 5.01. The van der Waals surface area contributed by atoms with Gasteiger partial charge in [-0.1, -0.05) is 31.7 Å². The third kappa shape index (κ3) is 3.33. The van der Waals surface area contributed by atoms with Crippen LogP contribution in [0.4, 0.5) is 0 Å². The molecule has 2 atom stereocenters. The maximum atomic E-state index is 5.91. The minimum atomic E-state index is 0.794. The van der Waals surface area contributed by atoms with Crippen LogP contribution >= 0.6 is 11.3 Å². The SMILES string of the molecule is NCC1CCCCCC1CCc1cccs1. The van der Waals surface area contributed by atoms with Crippen molar-refractivity contribution in [2.75, 3.05) is 6.54 Å². The fraction of sp³-hybridized carbons (Fsp3) is 0.714. The number of aryl methyl sites for hydroxylation is 1. The summed E-state index contributed by atoms with van der Waals surface area (Å²) in [6, 6.07) is 4.42. The monoisotopic (exact) mass is 237 g/mol. The molecule has 0 bridgehead atoms. The van der Waals surface area contributed by atoms with E-state index < -0.39 is 0 Å². The lowest BCUT2D eigenvalue weighted by atomic mass is 9.84. The second-order valence-corrected chi connectivity index (χ2v) is 6.04. The number of thiophene rings is 1. The first-order valence-electron chi connectivity index (χ1n) is 6.62. The van der Waals surface area contributed by atoms with E-state index in [4.69, 9.17) is 5.73 Å². The van der Waals surface area contributed by atoms with E-state index in [0.717, 1.165) is 18.4 Å². The van der Waals surface area contributed by atoms with Crippen LogP contribution in [0.3, 0.4) is 0 Å². The Labute approximate surface area is 103 Å². The largest absolute Gasteiger partial charge is 0.330 e. The van der Waals surface area contributed by atoms with Gasteiger partial charge in [0, 0.05) is 4.88 Å². The zero-order chi connectivity index (χ0) is 11.2. The second kappa shape index (κ2) is 6.41. The van der Waals surface area contributed by atoms with Crippen molar-refractivity contribution in [2.45, 2.75) is 44.9 Å². The lowest BCUT2D eigenvalue weighted by Gasteiger charge is -2.23. The van der Waals surface area contributed by atoms with E-state index in [1.54, 1.807) is 4.88 Å². The summed E-state index contributed by atoms with van der Waals surface area (Å²) in [5.41, 5.74) is 5.91.